The standard InChI is InChI=1S/C20H23N3O4S/c1-12(14-7-6-8-15(9-14)28(5,24)25)21-20-16-10-18(26-3)19(27-4)11-17(16)22-13(2)23-20/h6-12H,1-5H3,(H,21,22,23)/t12-/m1/s1. The Morgan fingerprint density at radius 3 is 2.36 bits per heavy atom. The number of benzene rings is 2. The lowest BCUT2D eigenvalue weighted by Crippen LogP contribution is -2.10. The molecule has 0 saturated heterocycles. The number of anilines is 1. The Morgan fingerprint density at radius 2 is 1.71 bits per heavy atom. The molecule has 0 aliphatic carbocycles. The van der Waals surface area contributed by atoms with Crippen LogP contribution in [0.1, 0.15) is 24.4 Å². The summed E-state index contributed by atoms with van der Waals surface area (Å²) in [6.07, 6.45) is 1.20. The fourth-order valence-corrected chi connectivity index (χ4v) is 3.66. The normalized spacial score (nSPS) is 12.6. The minimum Gasteiger partial charge on any atom is -0.493 e. The van der Waals surface area contributed by atoms with Gasteiger partial charge in [-0.3, -0.25) is 0 Å². The summed E-state index contributed by atoms with van der Waals surface area (Å²) in [5.74, 6) is 2.42. The summed E-state index contributed by atoms with van der Waals surface area (Å²) in [5, 5.41) is 4.15. The second kappa shape index (κ2) is 7.63. The van der Waals surface area contributed by atoms with Crippen LogP contribution >= 0.6 is 0 Å². The van der Waals surface area contributed by atoms with Crippen LogP contribution in [-0.4, -0.2) is 38.9 Å². The molecule has 1 aromatic heterocycles. The van der Waals surface area contributed by atoms with Crippen molar-refractivity contribution in [2.24, 2.45) is 0 Å². The molecule has 148 valence electrons. The first kappa shape index (κ1) is 19.9. The van der Waals surface area contributed by atoms with Gasteiger partial charge in [0.2, 0.25) is 0 Å². The number of nitrogens with zero attached hydrogens (tertiary/aromatic N) is 2. The van der Waals surface area contributed by atoms with Gasteiger partial charge < -0.3 is 14.8 Å². The molecule has 3 aromatic rings. The van der Waals surface area contributed by atoms with Crippen molar-refractivity contribution >= 4 is 26.6 Å². The van der Waals surface area contributed by atoms with Crippen LogP contribution < -0.4 is 14.8 Å². The van der Waals surface area contributed by atoms with E-state index in [1.54, 1.807) is 32.4 Å². The lowest BCUT2D eigenvalue weighted by atomic mass is 10.1. The summed E-state index contributed by atoms with van der Waals surface area (Å²) in [4.78, 5) is 9.30. The molecule has 0 aliphatic heterocycles. The number of ether oxygens (including phenoxy) is 2. The Labute approximate surface area is 164 Å². The number of rotatable bonds is 6. The summed E-state index contributed by atoms with van der Waals surface area (Å²) in [7, 11) is -0.122. The summed E-state index contributed by atoms with van der Waals surface area (Å²) in [6, 6.07) is 10.3. The Hall–Kier alpha value is -2.87. The Bertz CT molecular complexity index is 1130. The molecular weight excluding hydrogens is 378 g/mol. The Morgan fingerprint density at radius 1 is 1.04 bits per heavy atom. The zero-order valence-electron chi connectivity index (χ0n) is 16.5. The Balaban J connectivity index is 2.04. The van der Waals surface area contributed by atoms with E-state index in [-0.39, 0.29) is 10.9 Å². The van der Waals surface area contributed by atoms with Gasteiger partial charge in [-0.25, -0.2) is 18.4 Å². The van der Waals surface area contributed by atoms with Crippen molar-refractivity contribution in [3.63, 3.8) is 0 Å². The average Bonchev–Trinajstić information content (AvgIpc) is 2.66. The van der Waals surface area contributed by atoms with Gasteiger partial charge in [0.15, 0.2) is 21.3 Å². The molecule has 8 heteroatoms. The quantitative estimate of drug-likeness (QED) is 0.676. The van der Waals surface area contributed by atoms with Crippen LogP contribution in [0.25, 0.3) is 10.9 Å². The van der Waals surface area contributed by atoms with E-state index in [0.29, 0.717) is 23.1 Å². The van der Waals surface area contributed by atoms with E-state index in [4.69, 9.17) is 9.47 Å². The molecule has 0 fully saturated rings. The van der Waals surface area contributed by atoms with Crippen molar-refractivity contribution in [1.82, 2.24) is 9.97 Å². The average molecular weight is 401 g/mol. The summed E-state index contributed by atoms with van der Waals surface area (Å²) < 4.78 is 34.5. The van der Waals surface area contributed by atoms with Gasteiger partial charge in [-0.1, -0.05) is 12.1 Å². The first-order valence-electron chi connectivity index (χ1n) is 8.70. The zero-order chi connectivity index (χ0) is 20.5. The lowest BCUT2D eigenvalue weighted by Gasteiger charge is -2.18. The van der Waals surface area contributed by atoms with E-state index in [9.17, 15) is 8.42 Å². The van der Waals surface area contributed by atoms with Crippen LogP contribution in [0.4, 0.5) is 5.82 Å². The minimum atomic E-state index is -3.27. The van der Waals surface area contributed by atoms with Crippen LogP contribution in [-0.2, 0) is 9.84 Å². The smallest absolute Gasteiger partial charge is 0.175 e. The predicted molar refractivity (Wildman–Crippen MR) is 109 cm³/mol. The number of nitrogens with one attached hydrogen (secondary N) is 1. The molecule has 0 bridgehead atoms. The molecule has 0 aliphatic rings. The third-order valence-electron chi connectivity index (χ3n) is 4.45. The summed E-state index contributed by atoms with van der Waals surface area (Å²) in [6.45, 7) is 3.77. The van der Waals surface area contributed by atoms with Gasteiger partial charge in [0, 0.05) is 17.7 Å². The highest BCUT2D eigenvalue weighted by Gasteiger charge is 2.16. The molecule has 0 amide bonds. The number of aryl methyl sites for hydroxylation is 1. The third-order valence-corrected chi connectivity index (χ3v) is 5.56. The maximum absolute atomic E-state index is 11.8. The highest BCUT2D eigenvalue weighted by Crippen LogP contribution is 2.35. The number of aromatic nitrogens is 2. The topological polar surface area (TPSA) is 90.4 Å². The molecule has 3 rings (SSSR count). The monoisotopic (exact) mass is 401 g/mol. The van der Waals surface area contributed by atoms with Crippen LogP contribution in [0.15, 0.2) is 41.3 Å². The molecule has 0 unspecified atom stereocenters. The van der Waals surface area contributed by atoms with E-state index in [1.165, 1.54) is 6.26 Å². The lowest BCUT2D eigenvalue weighted by molar-refractivity contribution is 0.356. The molecule has 1 atom stereocenters. The second-order valence-corrected chi connectivity index (χ2v) is 8.57. The van der Waals surface area contributed by atoms with Gasteiger partial charge >= 0.3 is 0 Å². The van der Waals surface area contributed by atoms with E-state index >= 15 is 0 Å². The molecule has 7 nitrogen and oxygen atoms in total. The highest BCUT2D eigenvalue weighted by molar-refractivity contribution is 7.90. The predicted octanol–water partition coefficient (Wildman–Crippen LogP) is 3.53. The summed E-state index contributed by atoms with van der Waals surface area (Å²) in [5.41, 5.74) is 1.57. The van der Waals surface area contributed by atoms with Crippen LogP contribution in [0.3, 0.4) is 0 Å². The van der Waals surface area contributed by atoms with Gasteiger partial charge in [-0.2, -0.15) is 0 Å². The van der Waals surface area contributed by atoms with Crippen molar-refractivity contribution in [3.8, 4) is 11.5 Å². The molecule has 1 heterocycles. The number of hydrogen-bond donors (Lipinski definition) is 1. The zero-order valence-corrected chi connectivity index (χ0v) is 17.3. The molecule has 0 spiro atoms. The SMILES string of the molecule is COc1cc2nc(C)nc(N[C@H](C)c3cccc(S(C)(=O)=O)c3)c2cc1OC. The fourth-order valence-electron chi connectivity index (χ4n) is 2.98. The van der Waals surface area contributed by atoms with E-state index in [2.05, 4.69) is 15.3 Å². The molecule has 0 saturated carbocycles. The van der Waals surface area contributed by atoms with Gasteiger partial charge in [-0.15, -0.1) is 0 Å². The van der Waals surface area contributed by atoms with Crippen LogP contribution in [0.5, 0.6) is 11.5 Å². The van der Waals surface area contributed by atoms with E-state index in [1.807, 2.05) is 32.0 Å². The number of sulfone groups is 1. The fraction of sp³-hybridized carbons (Fsp3) is 0.300. The maximum Gasteiger partial charge on any atom is 0.175 e. The first-order valence-corrected chi connectivity index (χ1v) is 10.6. The van der Waals surface area contributed by atoms with Crippen LogP contribution in [0.2, 0.25) is 0 Å². The van der Waals surface area contributed by atoms with Gasteiger partial charge in [0.05, 0.1) is 30.7 Å². The van der Waals surface area contributed by atoms with Crippen molar-refractivity contribution in [2.75, 3.05) is 25.8 Å². The molecule has 2 aromatic carbocycles. The van der Waals surface area contributed by atoms with Crippen LogP contribution in [0, 0.1) is 6.92 Å². The van der Waals surface area contributed by atoms with E-state index in [0.717, 1.165) is 16.5 Å². The molecular formula is C20H23N3O4S. The maximum atomic E-state index is 11.8. The highest BCUT2D eigenvalue weighted by atomic mass is 32.2. The molecule has 28 heavy (non-hydrogen) atoms. The van der Waals surface area contributed by atoms with E-state index < -0.39 is 9.84 Å². The van der Waals surface area contributed by atoms with Gasteiger partial charge in [0.1, 0.15) is 11.6 Å². The number of fused-ring (bicyclic) bond motifs is 1. The van der Waals surface area contributed by atoms with Crippen molar-refractivity contribution in [3.05, 3.63) is 47.8 Å². The second-order valence-electron chi connectivity index (χ2n) is 6.55. The molecule has 0 radical (unpaired) electrons. The third kappa shape index (κ3) is 4.01. The Kier molecular flexibility index (Phi) is 5.42. The minimum absolute atomic E-state index is 0.174. The van der Waals surface area contributed by atoms with Gasteiger partial charge in [0.25, 0.3) is 0 Å². The van der Waals surface area contributed by atoms with Crippen molar-refractivity contribution < 1.29 is 17.9 Å². The number of methoxy groups -OCH3 is 2. The first-order chi connectivity index (χ1) is 13.2. The molecule has 1 N–H and O–H groups in total. The van der Waals surface area contributed by atoms with Crippen molar-refractivity contribution in [1.29, 1.82) is 0 Å². The van der Waals surface area contributed by atoms with Gasteiger partial charge in [-0.05, 0) is 37.6 Å². The largest absolute Gasteiger partial charge is 0.493 e. The number of hydrogen-bond acceptors (Lipinski definition) is 7. The summed E-state index contributed by atoms with van der Waals surface area (Å²) >= 11 is 0. The van der Waals surface area contributed by atoms with Crippen molar-refractivity contribution in [2.45, 2.75) is 24.8 Å².